The predicted molar refractivity (Wildman–Crippen MR) is 74.1 cm³/mol. The van der Waals surface area contributed by atoms with Gasteiger partial charge in [0.05, 0.1) is 6.61 Å². The first-order valence-corrected chi connectivity index (χ1v) is 7.22. The van der Waals surface area contributed by atoms with E-state index in [0.717, 1.165) is 12.8 Å². The van der Waals surface area contributed by atoms with Crippen LogP contribution in [0.5, 0.6) is 0 Å². The summed E-state index contributed by atoms with van der Waals surface area (Å²) in [5, 5.41) is 12.0. The van der Waals surface area contributed by atoms with Crippen molar-refractivity contribution >= 4 is 5.82 Å². The molecule has 2 heterocycles. The monoisotopic (exact) mass is 273 g/mol. The van der Waals surface area contributed by atoms with Crippen molar-refractivity contribution in [2.24, 2.45) is 0 Å². The molecule has 1 N–H and O–H groups in total. The van der Waals surface area contributed by atoms with E-state index in [0.29, 0.717) is 24.7 Å². The van der Waals surface area contributed by atoms with Gasteiger partial charge in [-0.15, -0.1) is 0 Å². The Balaban J connectivity index is 1.53. The molecule has 0 aromatic carbocycles. The summed E-state index contributed by atoms with van der Waals surface area (Å²) < 4.78 is 12.0. The molecule has 1 aromatic heterocycles. The van der Waals surface area contributed by atoms with Gasteiger partial charge in [0, 0.05) is 19.4 Å². The number of nitrogens with one attached hydrogen (secondary N) is 1. The van der Waals surface area contributed by atoms with Crippen LogP contribution in [0.4, 0.5) is 5.82 Å². The second-order valence-electron chi connectivity index (χ2n) is 5.42. The molecule has 1 aliphatic carbocycles. The Morgan fingerprint density at radius 2 is 2.20 bits per heavy atom. The molecule has 3 rings (SSSR count). The number of aromatic nitrogens is 1. The van der Waals surface area contributed by atoms with Crippen molar-refractivity contribution in [3.63, 3.8) is 0 Å². The highest BCUT2D eigenvalue weighted by Gasteiger charge is 2.41. The molecule has 1 saturated heterocycles. The van der Waals surface area contributed by atoms with Crippen LogP contribution < -0.4 is 5.32 Å². The fourth-order valence-electron chi connectivity index (χ4n) is 2.88. The molecule has 1 aromatic rings. The molecule has 20 heavy (non-hydrogen) atoms. The van der Waals surface area contributed by atoms with Crippen molar-refractivity contribution in [1.82, 2.24) is 4.98 Å². The van der Waals surface area contributed by atoms with E-state index >= 15 is 0 Å². The summed E-state index contributed by atoms with van der Waals surface area (Å²) in [6, 6.07) is 7.40. The van der Waals surface area contributed by atoms with Gasteiger partial charge in [0.25, 0.3) is 0 Å². The lowest BCUT2D eigenvalue weighted by atomic mass is 9.94. The van der Waals surface area contributed by atoms with E-state index in [9.17, 15) is 0 Å². The fraction of sp³-hybridized carbons (Fsp3) is 0.600. The Morgan fingerprint density at radius 1 is 1.35 bits per heavy atom. The van der Waals surface area contributed by atoms with Crippen LogP contribution in [0.15, 0.2) is 18.2 Å². The number of hydrogen-bond donors (Lipinski definition) is 1. The molecule has 1 spiro atoms. The van der Waals surface area contributed by atoms with Crippen LogP contribution in [0.3, 0.4) is 0 Å². The Bertz CT molecular complexity index is 506. The summed E-state index contributed by atoms with van der Waals surface area (Å²) in [6.45, 7) is 1.29. The van der Waals surface area contributed by atoms with E-state index in [2.05, 4.69) is 10.3 Å². The predicted octanol–water partition coefficient (Wildman–Crippen LogP) is 2.44. The highest BCUT2D eigenvalue weighted by molar-refractivity contribution is 5.38. The number of ether oxygens (including phenoxy) is 2. The highest BCUT2D eigenvalue weighted by atomic mass is 16.7. The topological polar surface area (TPSA) is 67.2 Å². The summed E-state index contributed by atoms with van der Waals surface area (Å²) >= 11 is 0. The van der Waals surface area contributed by atoms with Gasteiger partial charge in [0.1, 0.15) is 23.7 Å². The van der Waals surface area contributed by atoms with E-state index < -0.39 is 0 Å². The quantitative estimate of drug-likeness (QED) is 0.916. The van der Waals surface area contributed by atoms with Crippen LogP contribution in [0.1, 0.15) is 37.8 Å². The third-order valence-electron chi connectivity index (χ3n) is 3.90. The Labute approximate surface area is 118 Å². The third kappa shape index (κ3) is 2.92. The van der Waals surface area contributed by atoms with Gasteiger partial charge in [-0.3, -0.25) is 0 Å². The van der Waals surface area contributed by atoms with E-state index in [1.807, 2.05) is 18.2 Å². The molecule has 1 saturated carbocycles. The lowest BCUT2D eigenvalue weighted by Gasteiger charge is -2.31. The maximum atomic E-state index is 8.82. The zero-order valence-corrected chi connectivity index (χ0v) is 11.5. The molecular formula is C15H19N3O2. The molecule has 0 unspecified atom stereocenters. The zero-order chi connectivity index (χ0) is 13.8. The van der Waals surface area contributed by atoms with Gasteiger partial charge in [-0.1, -0.05) is 12.5 Å². The van der Waals surface area contributed by atoms with Crippen LogP contribution >= 0.6 is 0 Å². The Morgan fingerprint density at radius 3 is 3.00 bits per heavy atom. The van der Waals surface area contributed by atoms with Crippen LogP contribution in [0, 0.1) is 11.3 Å². The van der Waals surface area contributed by atoms with Gasteiger partial charge >= 0.3 is 0 Å². The summed E-state index contributed by atoms with van der Waals surface area (Å²) in [5.74, 6) is 0.379. The standard InChI is InChI=1S/C15H19N3O2/c16-9-12-5-4-6-14(18-12)17-10-13-11-19-15(20-13)7-2-1-3-8-15/h4-6,13H,1-3,7-8,10-11H2,(H,17,18)/t13-/m1/s1. The first-order chi connectivity index (χ1) is 9.80. The maximum Gasteiger partial charge on any atom is 0.168 e. The number of nitriles is 1. The minimum absolute atomic E-state index is 0.0561. The average molecular weight is 273 g/mol. The number of anilines is 1. The van der Waals surface area contributed by atoms with Crippen molar-refractivity contribution < 1.29 is 9.47 Å². The first-order valence-electron chi connectivity index (χ1n) is 7.22. The van der Waals surface area contributed by atoms with Crippen LogP contribution in [-0.4, -0.2) is 30.0 Å². The summed E-state index contributed by atoms with van der Waals surface area (Å²) in [4.78, 5) is 4.19. The maximum absolute atomic E-state index is 8.82. The zero-order valence-electron chi connectivity index (χ0n) is 11.5. The molecule has 5 heteroatoms. The molecular weight excluding hydrogens is 254 g/mol. The smallest absolute Gasteiger partial charge is 0.168 e. The molecule has 1 atom stereocenters. The van der Waals surface area contributed by atoms with Crippen LogP contribution in [0.25, 0.3) is 0 Å². The van der Waals surface area contributed by atoms with Crippen molar-refractivity contribution in [3.05, 3.63) is 23.9 Å². The van der Waals surface area contributed by atoms with Crippen molar-refractivity contribution in [1.29, 1.82) is 5.26 Å². The van der Waals surface area contributed by atoms with Gasteiger partial charge in [0.2, 0.25) is 0 Å². The second kappa shape index (κ2) is 5.78. The Kier molecular flexibility index (Phi) is 3.86. The van der Waals surface area contributed by atoms with Gasteiger partial charge in [-0.25, -0.2) is 4.98 Å². The van der Waals surface area contributed by atoms with Gasteiger partial charge in [0.15, 0.2) is 5.79 Å². The van der Waals surface area contributed by atoms with E-state index in [-0.39, 0.29) is 11.9 Å². The van der Waals surface area contributed by atoms with Crippen molar-refractivity contribution in [2.45, 2.75) is 44.0 Å². The largest absolute Gasteiger partial charge is 0.367 e. The van der Waals surface area contributed by atoms with Crippen LogP contribution in [-0.2, 0) is 9.47 Å². The number of nitrogens with zero attached hydrogens (tertiary/aromatic N) is 2. The second-order valence-corrected chi connectivity index (χ2v) is 5.42. The number of rotatable bonds is 3. The van der Waals surface area contributed by atoms with E-state index in [1.54, 1.807) is 6.07 Å². The fourth-order valence-corrected chi connectivity index (χ4v) is 2.88. The minimum atomic E-state index is -0.327. The summed E-state index contributed by atoms with van der Waals surface area (Å²) in [6.07, 6.45) is 5.72. The summed E-state index contributed by atoms with van der Waals surface area (Å²) in [5.41, 5.74) is 0.419. The van der Waals surface area contributed by atoms with Crippen molar-refractivity contribution in [3.8, 4) is 6.07 Å². The number of pyridine rings is 1. The van der Waals surface area contributed by atoms with Gasteiger partial charge < -0.3 is 14.8 Å². The summed E-state index contributed by atoms with van der Waals surface area (Å²) in [7, 11) is 0. The SMILES string of the molecule is N#Cc1cccc(NC[C@@H]2COC3(CCCCC3)O2)n1. The molecule has 5 nitrogen and oxygen atoms in total. The molecule has 0 amide bonds. The number of hydrogen-bond acceptors (Lipinski definition) is 5. The lowest BCUT2D eigenvalue weighted by Crippen LogP contribution is -2.34. The molecule has 0 radical (unpaired) electrons. The third-order valence-corrected chi connectivity index (χ3v) is 3.90. The Hall–Kier alpha value is -1.64. The minimum Gasteiger partial charge on any atom is -0.367 e. The first kappa shape index (κ1) is 13.3. The molecule has 0 bridgehead atoms. The van der Waals surface area contributed by atoms with E-state index in [1.165, 1.54) is 19.3 Å². The highest BCUT2D eigenvalue weighted by Crippen LogP contribution is 2.37. The molecule has 1 aliphatic heterocycles. The molecule has 106 valence electrons. The normalized spacial score (nSPS) is 24.4. The van der Waals surface area contributed by atoms with Gasteiger partial charge in [-0.05, 0) is 25.0 Å². The van der Waals surface area contributed by atoms with Crippen molar-refractivity contribution in [2.75, 3.05) is 18.5 Å². The average Bonchev–Trinajstić information content (AvgIpc) is 2.89. The van der Waals surface area contributed by atoms with E-state index in [4.69, 9.17) is 14.7 Å². The van der Waals surface area contributed by atoms with Crippen LogP contribution in [0.2, 0.25) is 0 Å². The lowest BCUT2D eigenvalue weighted by molar-refractivity contribution is -0.185. The van der Waals surface area contributed by atoms with Gasteiger partial charge in [-0.2, -0.15) is 5.26 Å². The molecule has 2 fully saturated rings. The molecule has 2 aliphatic rings.